The van der Waals surface area contributed by atoms with E-state index in [9.17, 15) is 16.8 Å². The van der Waals surface area contributed by atoms with Crippen molar-refractivity contribution in [2.75, 3.05) is 0 Å². The summed E-state index contributed by atoms with van der Waals surface area (Å²) in [4.78, 5) is -0.368. The number of halogens is 2. The second kappa shape index (κ2) is 9.24. The topological polar surface area (TPSA) is 68.3 Å². The van der Waals surface area contributed by atoms with Crippen LogP contribution in [0.25, 0.3) is 11.1 Å². The van der Waals surface area contributed by atoms with E-state index in [1.54, 1.807) is 60.7 Å². The zero-order valence-electron chi connectivity index (χ0n) is 16.4. The molecule has 4 aromatic rings. The van der Waals surface area contributed by atoms with E-state index in [2.05, 4.69) is 45.2 Å². The van der Waals surface area contributed by atoms with Gasteiger partial charge >= 0.3 is 0 Å². The maximum absolute atomic E-state index is 13.8. The third-order valence-electron chi connectivity index (χ3n) is 4.87. The lowest BCUT2D eigenvalue weighted by Crippen LogP contribution is -2.12. The molecule has 0 heterocycles. The van der Waals surface area contributed by atoms with Gasteiger partial charge in [-0.3, -0.25) is 0 Å². The molecule has 0 aliphatic rings. The van der Waals surface area contributed by atoms with Crippen molar-refractivity contribution in [1.29, 1.82) is 0 Å². The molecule has 0 N–H and O–H groups in total. The van der Waals surface area contributed by atoms with Crippen molar-refractivity contribution in [3.63, 3.8) is 0 Å². The predicted molar refractivity (Wildman–Crippen MR) is 141 cm³/mol. The molecule has 162 valence electrons. The minimum atomic E-state index is -4.15. The van der Waals surface area contributed by atoms with Crippen LogP contribution in [0.5, 0.6) is 0 Å². The van der Waals surface area contributed by atoms with Crippen LogP contribution >= 0.6 is 45.2 Å². The Morgan fingerprint density at radius 2 is 1.00 bits per heavy atom. The molecule has 0 aromatic heterocycles. The van der Waals surface area contributed by atoms with Crippen molar-refractivity contribution in [3.8, 4) is 11.1 Å². The van der Waals surface area contributed by atoms with Crippen LogP contribution in [0.3, 0.4) is 0 Å². The van der Waals surface area contributed by atoms with Gasteiger partial charge in [0.15, 0.2) is 0 Å². The summed E-state index contributed by atoms with van der Waals surface area (Å²) in [6.07, 6.45) is 0. The fourth-order valence-electron chi connectivity index (χ4n) is 3.32. The van der Waals surface area contributed by atoms with Gasteiger partial charge in [0.2, 0.25) is 19.7 Å². The summed E-state index contributed by atoms with van der Waals surface area (Å²) in [7, 11) is -8.25. The number of hydrogen-bond acceptors (Lipinski definition) is 4. The van der Waals surface area contributed by atoms with Gasteiger partial charge in [-0.1, -0.05) is 42.5 Å². The highest BCUT2D eigenvalue weighted by atomic mass is 127. The van der Waals surface area contributed by atoms with E-state index in [4.69, 9.17) is 0 Å². The van der Waals surface area contributed by atoms with Crippen molar-refractivity contribution in [3.05, 3.63) is 104 Å². The minimum absolute atomic E-state index is 0.0420. The van der Waals surface area contributed by atoms with Gasteiger partial charge in [0.1, 0.15) is 0 Å². The smallest absolute Gasteiger partial charge is 0.208 e. The van der Waals surface area contributed by atoms with Crippen molar-refractivity contribution in [1.82, 2.24) is 0 Å². The van der Waals surface area contributed by atoms with Crippen LogP contribution in [0.1, 0.15) is 0 Å². The van der Waals surface area contributed by atoms with Crippen molar-refractivity contribution in [2.45, 2.75) is 19.6 Å². The molecule has 4 aromatic carbocycles. The van der Waals surface area contributed by atoms with E-state index in [1.807, 2.05) is 6.07 Å². The molecular formula is C24H16I2O4S2. The third-order valence-corrected chi connectivity index (χ3v) is 10.1. The van der Waals surface area contributed by atoms with Gasteiger partial charge in [0.05, 0.1) is 19.6 Å². The molecule has 0 fully saturated rings. The zero-order chi connectivity index (χ0) is 22.9. The Morgan fingerprint density at radius 1 is 0.500 bits per heavy atom. The fourth-order valence-corrected chi connectivity index (χ4v) is 7.60. The molecular weight excluding hydrogens is 670 g/mol. The maximum Gasteiger partial charge on any atom is 0.208 e. The highest BCUT2D eigenvalue weighted by Crippen LogP contribution is 2.38. The monoisotopic (exact) mass is 686 g/mol. The SMILES string of the molecule is O=S(=O)(c1ccc(I)cc1)c1cccc(-c2ccccc2)c1S(=O)(=O)c1ccc(I)cc1. The molecule has 0 spiro atoms. The summed E-state index contributed by atoms with van der Waals surface area (Å²) in [6, 6.07) is 26.2. The lowest BCUT2D eigenvalue weighted by atomic mass is 10.1. The summed E-state index contributed by atoms with van der Waals surface area (Å²) < 4.78 is 56.6. The molecule has 0 aliphatic heterocycles. The number of sulfone groups is 2. The van der Waals surface area contributed by atoms with Crippen molar-refractivity contribution in [2.24, 2.45) is 0 Å². The highest BCUT2D eigenvalue weighted by molar-refractivity contribution is 14.1. The molecule has 0 unspecified atom stereocenters. The van der Waals surface area contributed by atoms with Gasteiger partial charge in [0, 0.05) is 12.7 Å². The molecule has 32 heavy (non-hydrogen) atoms. The molecule has 0 atom stereocenters. The maximum atomic E-state index is 13.8. The van der Waals surface area contributed by atoms with Crippen LogP contribution in [0.15, 0.2) is 117 Å². The Kier molecular flexibility index (Phi) is 6.76. The van der Waals surface area contributed by atoms with E-state index >= 15 is 0 Å². The second-order valence-corrected chi connectivity index (χ2v) is 13.2. The molecule has 0 radical (unpaired) electrons. The van der Waals surface area contributed by atoms with Crippen LogP contribution in [-0.4, -0.2) is 16.8 Å². The highest BCUT2D eigenvalue weighted by Gasteiger charge is 2.32. The number of benzene rings is 4. The predicted octanol–water partition coefficient (Wildman–Crippen LogP) is 6.23. The Hall–Kier alpha value is -1.76. The average molecular weight is 686 g/mol. The van der Waals surface area contributed by atoms with Gasteiger partial charge < -0.3 is 0 Å². The first-order chi connectivity index (χ1) is 15.2. The normalized spacial score (nSPS) is 11.9. The Balaban J connectivity index is 2.06. The number of rotatable bonds is 5. The molecule has 0 saturated heterocycles. The van der Waals surface area contributed by atoms with E-state index in [-0.39, 0.29) is 19.6 Å². The van der Waals surface area contributed by atoms with Gasteiger partial charge in [-0.2, -0.15) is 0 Å². The van der Waals surface area contributed by atoms with Crippen molar-refractivity contribution < 1.29 is 16.8 Å². The summed E-state index contributed by atoms with van der Waals surface area (Å²) in [5.41, 5.74) is 0.965. The molecule has 0 saturated carbocycles. The van der Waals surface area contributed by atoms with Gasteiger partial charge in [0.25, 0.3) is 0 Å². The summed E-state index contributed by atoms with van der Waals surface area (Å²) in [5, 5.41) is 0. The van der Waals surface area contributed by atoms with Crippen LogP contribution in [0, 0.1) is 7.14 Å². The zero-order valence-corrected chi connectivity index (χ0v) is 22.4. The molecule has 0 amide bonds. The fraction of sp³-hybridized carbons (Fsp3) is 0. The first-order valence-corrected chi connectivity index (χ1v) is 14.5. The van der Waals surface area contributed by atoms with Crippen LogP contribution < -0.4 is 0 Å². The van der Waals surface area contributed by atoms with Crippen LogP contribution in [0.4, 0.5) is 0 Å². The molecule has 4 rings (SSSR count). The minimum Gasteiger partial charge on any atom is -0.218 e. The Bertz CT molecular complexity index is 1480. The summed E-state index contributed by atoms with van der Waals surface area (Å²) >= 11 is 4.18. The van der Waals surface area contributed by atoms with E-state index in [0.29, 0.717) is 11.1 Å². The second-order valence-electron chi connectivity index (χ2n) is 6.91. The van der Waals surface area contributed by atoms with E-state index in [0.717, 1.165) is 7.14 Å². The Labute approximate surface area is 214 Å². The first kappa shape index (κ1) is 23.4. The summed E-state index contributed by atoms with van der Waals surface area (Å²) in [6.45, 7) is 0. The Morgan fingerprint density at radius 3 is 1.53 bits per heavy atom. The van der Waals surface area contributed by atoms with Crippen LogP contribution in [0.2, 0.25) is 0 Å². The number of hydrogen-bond donors (Lipinski definition) is 0. The lowest BCUT2D eigenvalue weighted by Gasteiger charge is -2.16. The average Bonchev–Trinajstić information content (AvgIpc) is 2.80. The van der Waals surface area contributed by atoms with E-state index < -0.39 is 19.7 Å². The molecule has 8 heteroatoms. The molecule has 0 aliphatic carbocycles. The molecule has 0 bridgehead atoms. The van der Waals surface area contributed by atoms with Gasteiger partial charge in [-0.05, 0) is 105 Å². The van der Waals surface area contributed by atoms with Gasteiger partial charge in [-0.25, -0.2) is 16.8 Å². The quantitative estimate of drug-likeness (QED) is 0.234. The standard InChI is InChI=1S/C24H16I2O4S2/c25-18-9-13-20(14-10-18)31(27,28)23-8-4-7-22(17-5-2-1-3-6-17)24(23)32(29,30)21-15-11-19(26)12-16-21/h1-16H. The third kappa shape index (κ3) is 4.50. The van der Waals surface area contributed by atoms with E-state index in [1.165, 1.54) is 30.3 Å². The lowest BCUT2D eigenvalue weighted by molar-refractivity contribution is 0.583. The summed E-state index contributed by atoms with van der Waals surface area (Å²) in [5.74, 6) is 0. The molecule has 4 nitrogen and oxygen atoms in total. The van der Waals surface area contributed by atoms with Gasteiger partial charge in [-0.15, -0.1) is 0 Å². The largest absolute Gasteiger partial charge is 0.218 e. The van der Waals surface area contributed by atoms with Crippen LogP contribution in [-0.2, 0) is 19.7 Å². The first-order valence-electron chi connectivity index (χ1n) is 9.41. The van der Waals surface area contributed by atoms with Crippen molar-refractivity contribution >= 4 is 64.9 Å².